The van der Waals surface area contributed by atoms with Gasteiger partial charge in [-0.15, -0.1) is 0 Å². The number of carbonyl (C=O) groups excluding carboxylic acids is 2. The van der Waals surface area contributed by atoms with E-state index in [1.54, 1.807) is 22.8 Å². The number of aryl methyl sites for hydroxylation is 1. The molecule has 0 aromatic heterocycles. The van der Waals surface area contributed by atoms with Crippen LogP contribution in [0.4, 0.5) is 5.69 Å². The van der Waals surface area contributed by atoms with E-state index in [9.17, 15) is 9.59 Å². The molecule has 0 N–H and O–H groups in total. The fourth-order valence-electron chi connectivity index (χ4n) is 2.74. The monoisotopic (exact) mass is 322 g/mol. The van der Waals surface area contributed by atoms with Gasteiger partial charge in [-0.25, -0.2) is 0 Å². The van der Waals surface area contributed by atoms with Crippen LogP contribution in [0.25, 0.3) is 0 Å². The highest BCUT2D eigenvalue weighted by Gasteiger charge is 2.38. The second-order valence-corrected chi connectivity index (χ2v) is 7.28. The van der Waals surface area contributed by atoms with Gasteiger partial charge in [-0.3, -0.25) is 9.59 Å². The van der Waals surface area contributed by atoms with Crippen molar-refractivity contribution in [1.29, 1.82) is 0 Å². The average Bonchev–Trinajstić information content (AvgIpc) is 2.41. The normalized spacial score (nSPS) is 19.5. The predicted molar refractivity (Wildman–Crippen MR) is 89.2 cm³/mol. The summed E-state index contributed by atoms with van der Waals surface area (Å²) in [6.07, 6.45) is 0. The lowest BCUT2D eigenvalue weighted by Gasteiger charge is -2.41. The Morgan fingerprint density at radius 2 is 1.91 bits per heavy atom. The number of piperazine rings is 1. The van der Waals surface area contributed by atoms with Gasteiger partial charge >= 0.3 is 0 Å². The Balaban J connectivity index is 2.25. The highest BCUT2D eigenvalue weighted by molar-refractivity contribution is 6.30. The first-order valence-corrected chi connectivity index (χ1v) is 7.89. The first-order chi connectivity index (χ1) is 10.1. The fourth-order valence-corrected chi connectivity index (χ4v) is 2.97. The van der Waals surface area contributed by atoms with Gasteiger partial charge in [0.1, 0.15) is 6.04 Å². The highest BCUT2D eigenvalue weighted by atomic mass is 35.5. The van der Waals surface area contributed by atoms with Crippen molar-refractivity contribution in [3.63, 3.8) is 0 Å². The maximum Gasteiger partial charge on any atom is 0.249 e. The van der Waals surface area contributed by atoms with Crippen molar-refractivity contribution in [3.8, 4) is 0 Å². The number of rotatable bonds is 1. The Morgan fingerprint density at radius 1 is 1.27 bits per heavy atom. The van der Waals surface area contributed by atoms with Crippen molar-refractivity contribution in [2.75, 3.05) is 18.0 Å². The van der Waals surface area contributed by atoms with Gasteiger partial charge in [-0.1, -0.05) is 32.4 Å². The van der Waals surface area contributed by atoms with Gasteiger partial charge in [0, 0.05) is 29.2 Å². The van der Waals surface area contributed by atoms with Gasteiger partial charge < -0.3 is 9.80 Å². The molecule has 0 bridgehead atoms. The summed E-state index contributed by atoms with van der Waals surface area (Å²) in [6.45, 7) is 10.4. The van der Waals surface area contributed by atoms with E-state index in [-0.39, 0.29) is 11.8 Å². The van der Waals surface area contributed by atoms with Gasteiger partial charge in [-0.05, 0) is 37.6 Å². The van der Waals surface area contributed by atoms with Crippen LogP contribution in [0.3, 0.4) is 0 Å². The molecule has 0 spiro atoms. The number of halogens is 1. The summed E-state index contributed by atoms with van der Waals surface area (Å²) in [7, 11) is 0. The van der Waals surface area contributed by atoms with E-state index >= 15 is 0 Å². The lowest BCUT2D eigenvalue weighted by Crippen LogP contribution is -2.59. The summed E-state index contributed by atoms with van der Waals surface area (Å²) in [5, 5.41) is 0.656. The molecule has 1 aromatic rings. The third-order valence-electron chi connectivity index (χ3n) is 4.01. The predicted octanol–water partition coefficient (Wildman–Crippen LogP) is 3.26. The molecule has 2 rings (SSSR count). The minimum atomic E-state index is -0.479. The molecule has 5 heteroatoms. The fraction of sp³-hybridized carbons (Fsp3) is 0.529. The van der Waals surface area contributed by atoms with Crippen LogP contribution in [0.2, 0.25) is 5.02 Å². The number of amides is 2. The molecule has 4 nitrogen and oxygen atoms in total. The largest absolute Gasteiger partial charge is 0.329 e. The van der Waals surface area contributed by atoms with Crippen molar-refractivity contribution in [1.82, 2.24) is 4.90 Å². The molecule has 1 atom stereocenters. The number of carbonyl (C=O) groups is 2. The van der Waals surface area contributed by atoms with E-state index < -0.39 is 11.5 Å². The van der Waals surface area contributed by atoms with Gasteiger partial charge in [0.05, 0.1) is 0 Å². The van der Waals surface area contributed by atoms with Crippen LogP contribution in [0.5, 0.6) is 0 Å². The summed E-state index contributed by atoms with van der Waals surface area (Å²) in [5.74, 6) is -0.0323. The van der Waals surface area contributed by atoms with Crippen LogP contribution in [0, 0.1) is 12.3 Å². The van der Waals surface area contributed by atoms with E-state index in [0.29, 0.717) is 18.1 Å². The zero-order valence-corrected chi connectivity index (χ0v) is 14.6. The molecule has 0 radical (unpaired) electrons. The van der Waals surface area contributed by atoms with E-state index in [1.807, 2.05) is 39.8 Å². The molecule has 120 valence electrons. The Hall–Kier alpha value is -1.55. The van der Waals surface area contributed by atoms with Gasteiger partial charge in [0.25, 0.3) is 0 Å². The molecule has 1 fully saturated rings. The molecule has 1 saturated heterocycles. The zero-order chi connectivity index (χ0) is 16.7. The molecule has 1 aliphatic rings. The smallest absolute Gasteiger partial charge is 0.249 e. The molecular formula is C17H23ClN2O2. The second-order valence-electron chi connectivity index (χ2n) is 6.85. The zero-order valence-electron chi connectivity index (χ0n) is 13.8. The Bertz CT molecular complexity index is 607. The number of nitrogens with zero attached hydrogens (tertiary/aromatic N) is 2. The molecule has 0 saturated carbocycles. The SMILES string of the molecule is Cc1cc(Cl)ccc1N1CCN(C(=O)C(C)(C)C)[C@@H](C)C1=O. The summed E-state index contributed by atoms with van der Waals surface area (Å²) >= 11 is 5.98. The molecule has 0 unspecified atom stereocenters. The number of hydrogen-bond donors (Lipinski definition) is 0. The average molecular weight is 323 g/mol. The molecule has 22 heavy (non-hydrogen) atoms. The van der Waals surface area contributed by atoms with E-state index in [1.165, 1.54) is 0 Å². The van der Waals surface area contributed by atoms with Crippen molar-refractivity contribution in [2.45, 2.75) is 40.7 Å². The van der Waals surface area contributed by atoms with Crippen LogP contribution in [0.15, 0.2) is 18.2 Å². The van der Waals surface area contributed by atoms with Gasteiger partial charge in [0.2, 0.25) is 11.8 Å². The first-order valence-electron chi connectivity index (χ1n) is 7.51. The number of benzene rings is 1. The van der Waals surface area contributed by atoms with Crippen LogP contribution in [-0.4, -0.2) is 35.8 Å². The standard InChI is InChI=1S/C17H23ClN2O2/c1-11-10-13(18)6-7-14(11)20-9-8-19(12(2)15(20)21)16(22)17(3,4)5/h6-7,10,12H,8-9H2,1-5H3/t12-/m0/s1. The number of hydrogen-bond acceptors (Lipinski definition) is 2. The Kier molecular flexibility index (Phi) is 4.52. The first kappa shape index (κ1) is 16.8. The molecule has 2 amide bonds. The van der Waals surface area contributed by atoms with Gasteiger partial charge in [0.15, 0.2) is 0 Å². The third kappa shape index (κ3) is 3.12. The third-order valence-corrected chi connectivity index (χ3v) is 4.24. The summed E-state index contributed by atoms with van der Waals surface area (Å²) in [5.41, 5.74) is 1.35. The minimum absolute atomic E-state index is 0.0147. The quantitative estimate of drug-likeness (QED) is 0.796. The van der Waals surface area contributed by atoms with Crippen LogP contribution in [-0.2, 0) is 9.59 Å². The summed E-state index contributed by atoms with van der Waals surface area (Å²) < 4.78 is 0. The van der Waals surface area contributed by atoms with Crippen LogP contribution >= 0.6 is 11.6 Å². The Labute approximate surface area is 137 Å². The minimum Gasteiger partial charge on any atom is -0.329 e. The molecule has 0 aliphatic carbocycles. The lowest BCUT2D eigenvalue weighted by molar-refractivity contribution is -0.147. The van der Waals surface area contributed by atoms with E-state index in [2.05, 4.69) is 0 Å². The van der Waals surface area contributed by atoms with Gasteiger partial charge in [-0.2, -0.15) is 0 Å². The maximum atomic E-state index is 12.7. The topological polar surface area (TPSA) is 40.6 Å². The number of anilines is 1. The summed E-state index contributed by atoms with van der Waals surface area (Å²) in [4.78, 5) is 28.6. The van der Waals surface area contributed by atoms with Crippen LogP contribution < -0.4 is 4.90 Å². The van der Waals surface area contributed by atoms with Crippen LogP contribution in [0.1, 0.15) is 33.3 Å². The molecule has 1 aromatic carbocycles. The lowest BCUT2D eigenvalue weighted by atomic mass is 9.93. The van der Waals surface area contributed by atoms with Crippen molar-refractivity contribution < 1.29 is 9.59 Å². The van der Waals surface area contributed by atoms with Crippen molar-refractivity contribution in [3.05, 3.63) is 28.8 Å². The Morgan fingerprint density at radius 3 is 2.45 bits per heavy atom. The van der Waals surface area contributed by atoms with E-state index in [4.69, 9.17) is 11.6 Å². The molecule has 1 heterocycles. The molecular weight excluding hydrogens is 300 g/mol. The van der Waals surface area contributed by atoms with E-state index in [0.717, 1.165) is 11.3 Å². The highest BCUT2D eigenvalue weighted by Crippen LogP contribution is 2.28. The van der Waals surface area contributed by atoms with Crippen molar-refractivity contribution in [2.24, 2.45) is 5.41 Å². The molecule has 1 aliphatic heterocycles. The van der Waals surface area contributed by atoms with Crippen molar-refractivity contribution >= 4 is 29.1 Å². The maximum absolute atomic E-state index is 12.7. The summed E-state index contributed by atoms with van der Waals surface area (Å²) in [6, 6.07) is 5.05. The second kappa shape index (κ2) is 5.92.